The number of imidazole rings is 1. The number of rotatable bonds is 8. The first-order chi connectivity index (χ1) is 16.5. The molecule has 0 spiro atoms. The first kappa shape index (κ1) is 23.3. The number of H-pyrrole nitrogens is 1. The summed E-state index contributed by atoms with van der Waals surface area (Å²) in [5, 5.41) is 5.63. The van der Waals surface area contributed by atoms with Gasteiger partial charge in [0, 0.05) is 24.3 Å². The van der Waals surface area contributed by atoms with Gasteiger partial charge in [0.15, 0.2) is 11.5 Å². The highest BCUT2D eigenvalue weighted by Crippen LogP contribution is 2.32. The van der Waals surface area contributed by atoms with Crippen LogP contribution in [0.5, 0.6) is 0 Å². The number of nitrogens with zero attached hydrogens (tertiary/aromatic N) is 4. The topological polar surface area (TPSA) is 108 Å². The lowest BCUT2D eigenvalue weighted by molar-refractivity contribution is 0.251. The summed E-state index contributed by atoms with van der Waals surface area (Å²) in [6.45, 7) is 11.9. The van der Waals surface area contributed by atoms with Crippen molar-refractivity contribution in [3.05, 3.63) is 54.6 Å². The van der Waals surface area contributed by atoms with Crippen LogP contribution in [-0.4, -0.2) is 51.7 Å². The van der Waals surface area contributed by atoms with E-state index >= 15 is 0 Å². The fourth-order valence-electron chi connectivity index (χ4n) is 4.29. The van der Waals surface area contributed by atoms with Gasteiger partial charge in [-0.05, 0) is 57.4 Å². The second kappa shape index (κ2) is 10.4. The molecule has 1 aromatic carbocycles. The minimum absolute atomic E-state index is 0.168. The number of hydrogen-bond acceptors (Lipinski definition) is 6. The van der Waals surface area contributed by atoms with Gasteiger partial charge >= 0.3 is 6.03 Å². The Hall–Kier alpha value is -3.88. The molecule has 0 aliphatic carbocycles. The summed E-state index contributed by atoms with van der Waals surface area (Å²) in [5.41, 5.74) is 4.99. The Morgan fingerprint density at radius 2 is 2.18 bits per heavy atom. The number of nitrogens with one attached hydrogen (secondary N) is 3. The number of amides is 2. The number of hydrogen-bond donors (Lipinski definition) is 3. The summed E-state index contributed by atoms with van der Waals surface area (Å²) in [6.07, 6.45) is 7.21. The van der Waals surface area contributed by atoms with Gasteiger partial charge in [-0.3, -0.25) is 0 Å². The van der Waals surface area contributed by atoms with Crippen molar-refractivity contribution in [2.75, 3.05) is 29.9 Å². The molecule has 34 heavy (non-hydrogen) atoms. The van der Waals surface area contributed by atoms with Gasteiger partial charge in [0.1, 0.15) is 24.2 Å². The van der Waals surface area contributed by atoms with E-state index in [-0.39, 0.29) is 12.1 Å². The van der Waals surface area contributed by atoms with E-state index < -0.39 is 0 Å². The third-order valence-corrected chi connectivity index (χ3v) is 5.89. The Morgan fingerprint density at radius 1 is 1.32 bits per heavy atom. The van der Waals surface area contributed by atoms with Gasteiger partial charge in [0.25, 0.3) is 0 Å². The van der Waals surface area contributed by atoms with Crippen LogP contribution in [0.25, 0.3) is 22.5 Å². The third kappa shape index (κ3) is 4.88. The van der Waals surface area contributed by atoms with Gasteiger partial charge in [-0.2, -0.15) is 0 Å². The van der Waals surface area contributed by atoms with Crippen LogP contribution in [0.4, 0.5) is 16.3 Å². The monoisotopic (exact) mass is 461 g/mol. The number of ether oxygens (including phenoxy) is 1. The Kier molecular flexibility index (Phi) is 7.10. The van der Waals surface area contributed by atoms with Gasteiger partial charge in [0.2, 0.25) is 0 Å². The highest BCUT2D eigenvalue weighted by atomic mass is 16.5. The number of aromatic amines is 1. The molecule has 2 aromatic heterocycles. The molecule has 1 aliphatic heterocycles. The quantitative estimate of drug-likeness (QED) is 0.424. The van der Waals surface area contributed by atoms with Crippen molar-refractivity contribution >= 4 is 40.0 Å². The standard InChI is InChI=1S/C25H31N7O2/c1-5-21(20-12-17(31-25(33)26-6-2)9-10-19(20)16(3)4)34-13-18-8-7-11-32(18)24-22-23(28-14-27-22)29-15-30-24/h5,9-10,12,14-15,18H,3,6-8,11,13H2,1-2,4H3,(H2,26,31,33)(H,27,28,29,30). The summed E-state index contributed by atoms with van der Waals surface area (Å²) in [6, 6.07) is 5.69. The molecule has 1 unspecified atom stereocenters. The number of allylic oxidation sites excluding steroid dienone is 2. The maximum absolute atomic E-state index is 12.0. The summed E-state index contributed by atoms with van der Waals surface area (Å²) >= 11 is 0. The molecule has 9 nitrogen and oxygen atoms in total. The molecule has 9 heteroatoms. The van der Waals surface area contributed by atoms with Gasteiger partial charge < -0.3 is 25.3 Å². The maximum Gasteiger partial charge on any atom is 0.319 e. The van der Waals surface area contributed by atoms with Crippen molar-refractivity contribution < 1.29 is 9.53 Å². The zero-order valence-electron chi connectivity index (χ0n) is 19.9. The molecule has 4 rings (SSSR count). The highest BCUT2D eigenvalue weighted by Gasteiger charge is 2.29. The van der Waals surface area contributed by atoms with E-state index in [0.717, 1.165) is 53.2 Å². The molecule has 2 amide bonds. The van der Waals surface area contributed by atoms with Crippen LogP contribution in [0.3, 0.4) is 0 Å². The van der Waals surface area contributed by atoms with Crippen LogP contribution in [0, 0.1) is 0 Å². The smallest absolute Gasteiger partial charge is 0.319 e. The molecule has 0 saturated carbocycles. The molecular formula is C25H31N7O2. The van der Waals surface area contributed by atoms with Gasteiger partial charge in [0.05, 0.1) is 12.4 Å². The Labute approximate surface area is 199 Å². The lowest BCUT2D eigenvalue weighted by Gasteiger charge is -2.27. The minimum Gasteiger partial charge on any atom is -0.491 e. The first-order valence-corrected chi connectivity index (χ1v) is 11.6. The summed E-state index contributed by atoms with van der Waals surface area (Å²) in [7, 11) is 0. The molecule has 3 N–H and O–H groups in total. The Balaban J connectivity index is 1.54. The van der Waals surface area contributed by atoms with Crippen LogP contribution in [0.2, 0.25) is 0 Å². The van der Waals surface area contributed by atoms with Crippen molar-refractivity contribution in [2.24, 2.45) is 0 Å². The van der Waals surface area contributed by atoms with E-state index in [0.29, 0.717) is 24.5 Å². The van der Waals surface area contributed by atoms with Crippen molar-refractivity contribution in [2.45, 2.75) is 39.7 Å². The second-order valence-corrected chi connectivity index (χ2v) is 8.28. The molecule has 3 aromatic rings. The number of carbonyl (C=O) groups is 1. The van der Waals surface area contributed by atoms with Crippen molar-refractivity contribution in [3.63, 3.8) is 0 Å². The molecule has 178 valence electrons. The van der Waals surface area contributed by atoms with Crippen LogP contribution < -0.4 is 15.5 Å². The number of fused-ring (bicyclic) bond motifs is 1. The summed E-state index contributed by atoms with van der Waals surface area (Å²) in [5.74, 6) is 1.60. The number of carbonyl (C=O) groups excluding carboxylic acids is 1. The van der Waals surface area contributed by atoms with Gasteiger partial charge in [-0.15, -0.1) is 0 Å². The average molecular weight is 462 g/mol. The maximum atomic E-state index is 12.0. The number of benzene rings is 1. The first-order valence-electron chi connectivity index (χ1n) is 11.6. The minimum atomic E-state index is -0.240. The molecule has 1 atom stereocenters. The van der Waals surface area contributed by atoms with Gasteiger partial charge in [-0.25, -0.2) is 19.7 Å². The van der Waals surface area contributed by atoms with Crippen LogP contribution in [0.15, 0.2) is 43.5 Å². The van der Waals surface area contributed by atoms with E-state index in [9.17, 15) is 4.79 Å². The largest absolute Gasteiger partial charge is 0.491 e. The number of urea groups is 1. The molecule has 1 aliphatic rings. The number of anilines is 2. The van der Waals surface area contributed by atoms with Crippen molar-refractivity contribution in [1.82, 2.24) is 25.3 Å². The highest BCUT2D eigenvalue weighted by molar-refractivity contribution is 5.90. The predicted molar refractivity (Wildman–Crippen MR) is 136 cm³/mol. The Bertz CT molecular complexity index is 1220. The van der Waals surface area contributed by atoms with Crippen LogP contribution >= 0.6 is 0 Å². The van der Waals surface area contributed by atoms with E-state index in [2.05, 4.69) is 42.0 Å². The zero-order valence-corrected chi connectivity index (χ0v) is 19.9. The third-order valence-electron chi connectivity index (χ3n) is 5.89. The van der Waals surface area contributed by atoms with E-state index in [1.54, 1.807) is 12.7 Å². The van der Waals surface area contributed by atoms with Crippen LogP contribution in [0.1, 0.15) is 44.7 Å². The van der Waals surface area contributed by atoms with Crippen LogP contribution in [-0.2, 0) is 4.74 Å². The molecule has 3 heterocycles. The summed E-state index contributed by atoms with van der Waals surface area (Å²) < 4.78 is 6.39. The number of aromatic nitrogens is 4. The van der Waals surface area contributed by atoms with Gasteiger partial charge in [-0.1, -0.05) is 18.2 Å². The molecule has 0 radical (unpaired) electrons. The fourth-order valence-corrected chi connectivity index (χ4v) is 4.29. The predicted octanol–water partition coefficient (Wildman–Crippen LogP) is 4.57. The second-order valence-electron chi connectivity index (χ2n) is 8.28. The van der Waals surface area contributed by atoms with E-state index in [1.165, 1.54) is 0 Å². The SMILES string of the molecule is C=C(C)c1ccc(NC(=O)NCC)cc1C(=CC)OCC1CCCN1c1ncnc2nc[nH]c12. The molecule has 0 bridgehead atoms. The molecule has 1 saturated heterocycles. The molecule has 1 fully saturated rings. The fraction of sp³-hybridized carbons (Fsp3) is 0.360. The Morgan fingerprint density at radius 3 is 2.94 bits per heavy atom. The normalized spacial score (nSPS) is 16.0. The van der Waals surface area contributed by atoms with Crippen molar-refractivity contribution in [1.29, 1.82) is 0 Å². The average Bonchev–Trinajstić information content (AvgIpc) is 3.49. The van der Waals surface area contributed by atoms with Crippen molar-refractivity contribution in [3.8, 4) is 0 Å². The lowest BCUT2D eigenvalue weighted by Crippen LogP contribution is -2.34. The zero-order chi connectivity index (χ0) is 24.1. The van der Waals surface area contributed by atoms with E-state index in [4.69, 9.17) is 4.74 Å². The summed E-state index contributed by atoms with van der Waals surface area (Å²) in [4.78, 5) is 30.4. The molecular weight excluding hydrogens is 430 g/mol. The van der Waals surface area contributed by atoms with E-state index in [1.807, 2.05) is 45.0 Å². The lowest BCUT2D eigenvalue weighted by atomic mass is 9.99.